The summed E-state index contributed by atoms with van der Waals surface area (Å²) in [7, 11) is 0. The lowest BCUT2D eigenvalue weighted by Gasteiger charge is -2.12. The Kier molecular flexibility index (Phi) is 5.47. The van der Waals surface area contributed by atoms with E-state index in [4.69, 9.17) is 9.97 Å². The molecular formula is C40H24N4. The van der Waals surface area contributed by atoms with Crippen molar-refractivity contribution in [2.24, 2.45) is 0 Å². The lowest BCUT2D eigenvalue weighted by Crippen LogP contribution is -1.91. The van der Waals surface area contributed by atoms with Gasteiger partial charge in [0.2, 0.25) is 0 Å². The first-order valence-electron chi connectivity index (χ1n) is 14.7. The summed E-state index contributed by atoms with van der Waals surface area (Å²) in [5.74, 6) is 0. The minimum absolute atomic E-state index is 0.850. The summed E-state index contributed by atoms with van der Waals surface area (Å²) in [6, 6.07) is 45.1. The second kappa shape index (κ2) is 9.79. The zero-order chi connectivity index (χ0) is 29.0. The van der Waals surface area contributed by atoms with Crippen LogP contribution in [0.1, 0.15) is 0 Å². The molecule has 0 atom stereocenters. The third-order valence-electron chi connectivity index (χ3n) is 8.60. The summed E-state index contributed by atoms with van der Waals surface area (Å²) in [6.07, 6.45) is 5.17. The zero-order valence-electron chi connectivity index (χ0n) is 23.6. The van der Waals surface area contributed by atoms with Crippen LogP contribution in [0, 0.1) is 0 Å². The van der Waals surface area contributed by atoms with Crippen LogP contribution in [0.5, 0.6) is 0 Å². The van der Waals surface area contributed by atoms with Crippen molar-refractivity contribution >= 4 is 54.1 Å². The topological polar surface area (TPSA) is 51.6 Å². The minimum Gasteiger partial charge on any atom is -0.261 e. The third kappa shape index (κ3) is 3.92. The number of rotatable bonds is 3. The maximum atomic E-state index is 5.23. The van der Waals surface area contributed by atoms with Gasteiger partial charge >= 0.3 is 0 Å². The van der Waals surface area contributed by atoms with Gasteiger partial charge in [0.05, 0.1) is 34.3 Å². The van der Waals surface area contributed by atoms with Crippen LogP contribution >= 0.6 is 0 Å². The lowest BCUT2D eigenvalue weighted by molar-refractivity contribution is 1.21. The van der Waals surface area contributed by atoms with Gasteiger partial charge in [0.15, 0.2) is 0 Å². The van der Waals surface area contributed by atoms with Gasteiger partial charge in [-0.3, -0.25) is 9.97 Å². The fourth-order valence-corrected chi connectivity index (χ4v) is 6.42. The fourth-order valence-electron chi connectivity index (χ4n) is 6.42. The van der Waals surface area contributed by atoms with Crippen LogP contribution in [-0.4, -0.2) is 19.9 Å². The molecule has 0 aliphatic heterocycles. The van der Waals surface area contributed by atoms with E-state index in [-0.39, 0.29) is 0 Å². The smallest absolute Gasteiger partial charge is 0.0972 e. The normalized spacial score (nSPS) is 11.6. The predicted octanol–water partition coefficient (Wildman–Crippen LogP) is 10.0. The number of aromatic nitrogens is 4. The van der Waals surface area contributed by atoms with Crippen molar-refractivity contribution in [3.63, 3.8) is 0 Å². The first kappa shape index (κ1) is 24.6. The monoisotopic (exact) mass is 560 g/mol. The number of pyridine rings is 2. The SMILES string of the molecule is c1ccc2c(c1)c1ccccc1c1cc(-c3ccc4ccc5ccc(-c6ccc(-c7cnccn7)cc6)nc5c4n3)ccc21. The van der Waals surface area contributed by atoms with Gasteiger partial charge in [0.25, 0.3) is 0 Å². The largest absolute Gasteiger partial charge is 0.261 e. The summed E-state index contributed by atoms with van der Waals surface area (Å²) in [6.45, 7) is 0. The summed E-state index contributed by atoms with van der Waals surface area (Å²) < 4.78 is 0. The van der Waals surface area contributed by atoms with Crippen LogP contribution in [0.3, 0.4) is 0 Å². The molecule has 44 heavy (non-hydrogen) atoms. The molecule has 3 heterocycles. The highest BCUT2D eigenvalue weighted by Gasteiger charge is 2.12. The fraction of sp³-hybridized carbons (Fsp3) is 0. The Balaban J connectivity index is 1.19. The summed E-state index contributed by atoms with van der Waals surface area (Å²) in [5, 5.41) is 9.71. The van der Waals surface area contributed by atoms with E-state index in [9.17, 15) is 0 Å². The molecule has 0 saturated carbocycles. The Morgan fingerprint density at radius 3 is 1.41 bits per heavy atom. The molecule has 0 aliphatic carbocycles. The zero-order valence-corrected chi connectivity index (χ0v) is 23.6. The molecule has 4 nitrogen and oxygen atoms in total. The number of nitrogens with zero attached hydrogens (tertiary/aromatic N) is 4. The Hall–Kier alpha value is -6.00. The molecule has 0 amide bonds. The van der Waals surface area contributed by atoms with Crippen LogP contribution in [0.4, 0.5) is 0 Å². The van der Waals surface area contributed by atoms with Crippen LogP contribution in [-0.2, 0) is 0 Å². The predicted molar refractivity (Wildman–Crippen MR) is 181 cm³/mol. The third-order valence-corrected chi connectivity index (χ3v) is 8.60. The molecule has 3 aromatic heterocycles. The Bertz CT molecular complexity index is 2500. The van der Waals surface area contributed by atoms with Crippen LogP contribution in [0.25, 0.3) is 87.9 Å². The Morgan fingerprint density at radius 2 is 0.841 bits per heavy atom. The van der Waals surface area contributed by atoms with Gasteiger partial charge in [-0.25, -0.2) is 9.97 Å². The molecule has 4 heteroatoms. The molecule has 9 aromatic rings. The van der Waals surface area contributed by atoms with E-state index in [2.05, 4.69) is 137 Å². The van der Waals surface area contributed by atoms with E-state index in [1.165, 1.54) is 32.3 Å². The quantitative estimate of drug-likeness (QED) is 0.202. The molecule has 6 aromatic carbocycles. The number of hydrogen-bond acceptors (Lipinski definition) is 4. The highest BCUT2D eigenvalue weighted by Crippen LogP contribution is 2.37. The number of hydrogen-bond donors (Lipinski definition) is 0. The highest BCUT2D eigenvalue weighted by molar-refractivity contribution is 6.25. The van der Waals surface area contributed by atoms with Crippen molar-refractivity contribution in [3.05, 3.63) is 146 Å². The van der Waals surface area contributed by atoms with Crippen LogP contribution in [0.2, 0.25) is 0 Å². The number of fused-ring (bicyclic) bond motifs is 9. The van der Waals surface area contributed by atoms with Gasteiger partial charge < -0.3 is 0 Å². The Morgan fingerprint density at radius 1 is 0.364 bits per heavy atom. The molecule has 0 fully saturated rings. The molecule has 204 valence electrons. The van der Waals surface area contributed by atoms with E-state index in [0.29, 0.717) is 0 Å². The van der Waals surface area contributed by atoms with Gasteiger partial charge in [-0.1, -0.05) is 109 Å². The molecule has 0 radical (unpaired) electrons. The van der Waals surface area contributed by atoms with Gasteiger partial charge in [0.1, 0.15) is 0 Å². The van der Waals surface area contributed by atoms with Crippen molar-refractivity contribution in [1.29, 1.82) is 0 Å². The Labute approximate surface area is 253 Å². The van der Waals surface area contributed by atoms with Crippen molar-refractivity contribution < 1.29 is 0 Å². The summed E-state index contributed by atoms with van der Waals surface area (Å²) in [4.78, 5) is 19.0. The van der Waals surface area contributed by atoms with E-state index in [0.717, 1.165) is 55.6 Å². The van der Waals surface area contributed by atoms with Crippen LogP contribution in [0.15, 0.2) is 146 Å². The molecule has 0 bridgehead atoms. The van der Waals surface area contributed by atoms with Crippen molar-refractivity contribution in [2.75, 3.05) is 0 Å². The molecule has 0 N–H and O–H groups in total. The second-order valence-electron chi connectivity index (χ2n) is 11.1. The second-order valence-corrected chi connectivity index (χ2v) is 11.1. The lowest BCUT2D eigenvalue weighted by atomic mass is 9.93. The van der Waals surface area contributed by atoms with E-state index >= 15 is 0 Å². The standard InChI is InChI=1S/C40H24N4/c1-2-7-32-30(5-1)31-6-3-4-8-33(31)35-23-29(15-18-34(32)35)37-20-17-28-14-13-27-16-19-36(43-39(27)40(28)44-37)25-9-11-26(12-10-25)38-24-41-21-22-42-38/h1-24H. The molecule has 9 rings (SSSR count). The van der Waals surface area contributed by atoms with Gasteiger partial charge in [-0.15, -0.1) is 0 Å². The van der Waals surface area contributed by atoms with E-state index in [1.807, 2.05) is 0 Å². The van der Waals surface area contributed by atoms with Crippen molar-refractivity contribution in [2.45, 2.75) is 0 Å². The van der Waals surface area contributed by atoms with E-state index in [1.54, 1.807) is 18.6 Å². The molecule has 0 aliphatic rings. The average Bonchev–Trinajstić information content (AvgIpc) is 3.11. The van der Waals surface area contributed by atoms with Crippen molar-refractivity contribution in [3.8, 4) is 33.8 Å². The van der Waals surface area contributed by atoms with Gasteiger partial charge in [0, 0.05) is 39.9 Å². The minimum atomic E-state index is 0.850. The molecular weight excluding hydrogens is 536 g/mol. The maximum absolute atomic E-state index is 5.23. The van der Waals surface area contributed by atoms with Crippen LogP contribution < -0.4 is 0 Å². The molecule has 0 saturated heterocycles. The maximum Gasteiger partial charge on any atom is 0.0972 e. The van der Waals surface area contributed by atoms with E-state index < -0.39 is 0 Å². The first-order chi connectivity index (χ1) is 21.8. The molecule has 0 unspecified atom stereocenters. The number of benzene rings is 6. The summed E-state index contributed by atoms with van der Waals surface area (Å²) in [5.41, 5.74) is 7.66. The average molecular weight is 561 g/mol. The summed E-state index contributed by atoms with van der Waals surface area (Å²) >= 11 is 0. The van der Waals surface area contributed by atoms with Gasteiger partial charge in [-0.2, -0.15) is 0 Å². The molecule has 0 spiro atoms. The van der Waals surface area contributed by atoms with Crippen molar-refractivity contribution in [1.82, 2.24) is 19.9 Å². The highest BCUT2D eigenvalue weighted by atomic mass is 14.8. The first-order valence-corrected chi connectivity index (χ1v) is 14.7. The van der Waals surface area contributed by atoms with Gasteiger partial charge in [-0.05, 0) is 50.5 Å².